The maximum atomic E-state index is 12.0. The number of rotatable bonds is 2. The Balaban J connectivity index is 1.66. The van der Waals surface area contributed by atoms with Crippen LogP contribution >= 0.6 is 0 Å². The molecule has 0 spiro atoms. The molecule has 1 aromatic carbocycles. The number of hydrogen-bond donors (Lipinski definition) is 0. The highest BCUT2D eigenvalue weighted by molar-refractivity contribution is 6.12. The van der Waals surface area contributed by atoms with E-state index in [0.29, 0.717) is 30.3 Å². The van der Waals surface area contributed by atoms with Gasteiger partial charge in [-0.15, -0.1) is 0 Å². The van der Waals surface area contributed by atoms with Crippen molar-refractivity contribution in [1.82, 2.24) is 4.98 Å². The van der Waals surface area contributed by atoms with E-state index in [1.165, 1.54) is 0 Å². The number of cyclic esters (lactones) is 1. The Labute approximate surface area is 132 Å². The Morgan fingerprint density at radius 2 is 1.96 bits per heavy atom. The van der Waals surface area contributed by atoms with Crippen molar-refractivity contribution in [2.75, 3.05) is 13.2 Å². The molecular weight excluding hydrogens is 296 g/mol. The lowest BCUT2D eigenvalue weighted by molar-refractivity contribution is -0.129. The number of nitrogens with zero attached hydrogens (tertiary/aromatic N) is 2. The molecule has 2 aromatic rings. The molecule has 2 aliphatic rings. The predicted molar refractivity (Wildman–Crippen MR) is 82.3 cm³/mol. The maximum Gasteiger partial charge on any atom is 0.363 e. The lowest BCUT2D eigenvalue weighted by Crippen LogP contribution is -2.15. The molecule has 0 radical (unpaired) electrons. The van der Waals surface area contributed by atoms with Gasteiger partial charge in [-0.3, -0.25) is 4.98 Å². The van der Waals surface area contributed by atoms with Gasteiger partial charge in [0.15, 0.2) is 17.2 Å². The summed E-state index contributed by atoms with van der Waals surface area (Å²) in [5, 5.41) is 0. The number of carbonyl (C=O) groups is 1. The molecule has 6 nitrogen and oxygen atoms in total. The number of carbonyl (C=O) groups excluding carboxylic acids is 1. The van der Waals surface area contributed by atoms with Gasteiger partial charge < -0.3 is 14.2 Å². The van der Waals surface area contributed by atoms with Crippen LogP contribution in [0.3, 0.4) is 0 Å². The Morgan fingerprint density at radius 1 is 1.09 bits per heavy atom. The van der Waals surface area contributed by atoms with E-state index in [4.69, 9.17) is 14.2 Å². The Hall–Kier alpha value is -3.15. The van der Waals surface area contributed by atoms with Crippen LogP contribution in [0.4, 0.5) is 0 Å². The van der Waals surface area contributed by atoms with Crippen molar-refractivity contribution in [2.45, 2.75) is 0 Å². The minimum atomic E-state index is -0.487. The maximum absolute atomic E-state index is 12.0. The van der Waals surface area contributed by atoms with Gasteiger partial charge >= 0.3 is 5.97 Å². The molecular formula is C17H12N2O4. The third kappa shape index (κ3) is 2.66. The second-order valence-electron chi connectivity index (χ2n) is 4.98. The molecule has 0 aliphatic carbocycles. The molecule has 0 saturated heterocycles. The summed E-state index contributed by atoms with van der Waals surface area (Å²) in [6.45, 7) is 1.05. The van der Waals surface area contributed by atoms with Crippen molar-refractivity contribution in [1.29, 1.82) is 0 Å². The lowest BCUT2D eigenvalue weighted by atomic mass is 10.1. The molecule has 0 unspecified atom stereocenters. The first-order chi connectivity index (χ1) is 11.3. The van der Waals surface area contributed by atoms with Crippen LogP contribution in [0.1, 0.15) is 11.1 Å². The van der Waals surface area contributed by atoms with Crippen LogP contribution in [-0.4, -0.2) is 30.1 Å². The molecule has 6 heteroatoms. The zero-order valence-corrected chi connectivity index (χ0v) is 12.1. The second kappa shape index (κ2) is 5.57. The average molecular weight is 308 g/mol. The van der Waals surface area contributed by atoms with Gasteiger partial charge in [0, 0.05) is 12.4 Å². The standard InChI is InChI=1S/C17H12N2O4/c20-17-13(19-16(23-17)12-2-1-5-18-10-12)8-11-3-4-14-15(9-11)22-7-6-21-14/h1-5,8-10H,6-7H2/b13-8+. The Morgan fingerprint density at radius 3 is 2.78 bits per heavy atom. The monoisotopic (exact) mass is 308 g/mol. The lowest BCUT2D eigenvalue weighted by Gasteiger charge is -2.18. The van der Waals surface area contributed by atoms with E-state index >= 15 is 0 Å². The number of esters is 1. The van der Waals surface area contributed by atoms with E-state index in [1.54, 1.807) is 30.6 Å². The number of aromatic nitrogens is 1. The summed E-state index contributed by atoms with van der Waals surface area (Å²) < 4.78 is 16.2. The smallest absolute Gasteiger partial charge is 0.363 e. The minimum Gasteiger partial charge on any atom is -0.486 e. The molecule has 1 aromatic heterocycles. The first-order valence-electron chi connectivity index (χ1n) is 7.12. The zero-order chi connectivity index (χ0) is 15.6. The Bertz CT molecular complexity index is 828. The van der Waals surface area contributed by atoms with Crippen molar-refractivity contribution in [3.05, 3.63) is 59.5 Å². The highest BCUT2D eigenvalue weighted by Crippen LogP contribution is 2.31. The van der Waals surface area contributed by atoms with Crippen LogP contribution in [0.2, 0.25) is 0 Å². The number of aliphatic imine (C=N–C) groups is 1. The fourth-order valence-corrected chi connectivity index (χ4v) is 2.33. The number of benzene rings is 1. The molecule has 0 atom stereocenters. The Kier molecular flexibility index (Phi) is 3.27. The van der Waals surface area contributed by atoms with Crippen LogP contribution in [0, 0.1) is 0 Å². The van der Waals surface area contributed by atoms with Crippen LogP contribution in [0.5, 0.6) is 11.5 Å². The summed E-state index contributed by atoms with van der Waals surface area (Å²) in [6, 6.07) is 9.00. The van der Waals surface area contributed by atoms with E-state index in [0.717, 1.165) is 5.56 Å². The van der Waals surface area contributed by atoms with Crippen LogP contribution in [0.15, 0.2) is 53.4 Å². The van der Waals surface area contributed by atoms with Gasteiger partial charge in [-0.25, -0.2) is 9.79 Å². The fourth-order valence-electron chi connectivity index (χ4n) is 2.33. The van der Waals surface area contributed by atoms with Crippen molar-refractivity contribution >= 4 is 17.9 Å². The summed E-state index contributed by atoms with van der Waals surface area (Å²) >= 11 is 0. The predicted octanol–water partition coefficient (Wildman–Crippen LogP) is 2.20. The summed E-state index contributed by atoms with van der Waals surface area (Å²) in [5.41, 5.74) is 1.68. The summed E-state index contributed by atoms with van der Waals surface area (Å²) in [7, 11) is 0. The first-order valence-corrected chi connectivity index (χ1v) is 7.12. The fraction of sp³-hybridized carbons (Fsp3) is 0.118. The van der Waals surface area contributed by atoms with Crippen LogP contribution in [-0.2, 0) is 9.53 Å². The summed E-state index contributed by atoms with van der Waals surface area (Å²) in [5.74, 6) is 1.13. The van der Waals surface area contributed by atoms with Gasteiger partial charge in [0.05, 0.1) is 5.56 Å². The largest absolute Gasteiger partial charge is 0.486 e. The molecule has 3 heterocycles. The quantitative estimate of drug-likeness (QED) is 0.628. The number of pyridine rings is 1. The van der Waals surface area contributed by atoms with E-state index in [2.05, 4.69) is 9.98 Å². The van der Waals surface area contributed by atoms with Gasteiger partial charge in [0.1, 0.15) is 13.2 Å². The highest BCUT2D eigenvalue weighted by Gasteiger charge is 2.24. The number of hydrogen-bond acceptors (Lipinski definition) is 6. The van der Waals surface area contributed by atoms with Crippen LogP contribution < -0.4 is 9.47 Å². The minimum absolute atomic E-state index is 0.237. The van der Waals surface area contributed by atoms with Crippen molar-refractivity contribution < 1.29 is 19.0 Å². The first kappa shape index (κ1) is 13.5. The van der Waals surface area contributed by atoms with E-state index in [-0.39, 0.29) is 11.6 Å². The molecule has 114 valence electrons. The number of ether oxygens (including phenoxy) is 3. The molecule has 0 bridgehead atoms. The average Bonchev–Trinajstić information content (AvgIpc) is 2.96. The molecule has 0 amide bonds. The molecule has 0 N–H and O–H groups in total. The summed E-state index contributed by atoms with van der Waals surface area (Å²) in [6.07, 6.45) is 4.90. The third-order valence-electron chi connectivity index (χ3n) is 3.40. The van der Waals surface area contributed by atoms with Gasteiger partial charge in [-0.05, 0) is 35.9 Å². The molecule has 2 aliphatic heterocycles. The number of fused-ring (bicyclic) bond motifs is 1. The molecule has 23 heavy (non-hydrogen) atoms. The van der Waals surface area contributed by atoms with Gasteiger partial charge in [-0.1, -0.05) is 6.07 Å². The van der Waals surface area contributed by atoms with Crippen molar-refractivity contribution in [3.63, 3.8) is 0 Å². The SMILES string of the molecule is O=C1OC(c2cccnc2)=N/C1=C/c1ccc2c(c1)OCCO2. The van der Waals surface area contributed by atoms with Gasteiger partial charge in [0.25, 0.3) is 0 Å². The topological polar surface area (TPSA) is 70.0 Å². The highest BCUT2D eigenvalue weighted by atomic mass is 16.6. The molecule has 4 rings (SSSR count). The van der Waals surface area contributed by atoms with E-state index < -0.39 is 5.97 Å². The molecule has 0 saturated carbocycles. The van der Waals surface area contributed by atoms with Crippen molar-refractivity contribution in [3.8, 4) is 11.5 Å². The summed E-state index contributed by atoms with van der Waals surface area (Å²) in [4.78, 5) is 20.2. The normalized spacial score (nSPS) is 17.8. The van der Waals surface area contributed by atoms with Gasteiger partial charge in [0.2, 0.25) is 5.90 Å². The van der Waals surface area contributed by atoms with E-state index in [1.807, 2.05) is 18.2 Å². The third-order valence-corrected chi connectivity index (χ3v) is 3.40. The van der Waals surface area contributed by atoms with Gasteiger partial charge in [-0.2, -0.15) is 0 Å². The van der Waals surface area contributed by atoms with Crippen molar-refractivity contribution in [2.24, 2.45) is 4.99 Å². The van der Waals surface area contributed by atoms with E-state index in [9.17, 15) is 4.79 Å². The zero-order valence-electron chi connectivity index (χ0n) is 12.1. The second-order valence-corrected chi connectivity index (χ2v) is 4.98. The molecule has 0 fully saturated rings. The van der Waals surface area contributed by atoms with Crippen LogP contribution in [0.25, 0.3) is 6.08 Å².